The van der Waals surface area contributed by atoms with Crippen molar-refractivity contribution in [3.05, 3.63) is 38.9 Å². The monoisotopic (exact) mass is 312 g/mol. The number of nitrogens with zero attached hydrogens (tertiary/aromatic N) is 1. The summed E-state index contributed by atoms with van der Waals surface area (Å²) in [7, 11) is 0. The van der Waals surface area contributed by atoms with Gasteiger partial charge in [0.05, 0.1) is 22.1 Å². The van der Waals surface area contributed by atoms with Crippen LogP contribution in [-0.2, 0) is 0 Å². The normalized spacial score (nSPS) is 16.7. The van der Waals surface area contributed by atoms with Crippen LogP contribution in [0.1, 0.15) is 36.0 Å². The molecule has 0 radical (unpaired) electrons. The average molecular weight is 313 g/mol. The third kappa shape index (κ3) is 3.51. The van der Waals surface area contributed by atoms with Gasteiger partial charge in [-0.25, -0.2) is 0 Å². The van der Waals surface area contributed by atoms with Gasteiger partial charge in [-0.15, -0.1) is 0 Å². The van der Waals surface area contributed by atoms with Crippen LogP contribution in [0.25, 0.3) is 0 Å². The zero-order valence-electron chi connectivity index (χ0n) is 11.5. The molecule has 0 bridgehead atoms. The van der Waals surface area contributed by atoms with Crippen LogP contribution in [0.2, 0.25) is 5.02 Å². The molecule has 7 heteroatoms. The van der Waals surface area contributed by atoms with Crippen molar-refractivity contribution in [3.63, 3.8) is 0 Å². The van der Waals surface area contributed by atoms with Crippen LogP contribution >= 0.6 is 11.6 Å². The van der Waals surface area contributed by atoms with E-state index in [1.54, 1.807) is 0 Å². The highest BCUT2D eigenvalue weighted by molar-refractivity contribution is 6.33. The molecule has 1 aromatic rings. The second kappa shape index (κ2) is 6.41. The van der Waals surface area contributed by atoms with Crippen LogP contribution in [0.3, 0.4) is 0 Å². The molecule has 6 nitrogen and oxygen atoms in total. The van der Waals surface area contributed by atoms with Gasteiger partial charge < -0.3 is 10.4 Å². The lowest BCUT2D eigenvalue weighted by molar-refractivity contribution is -0.384. The molecule has 1 amide bonds. The molecule has 1 fully saturated rings. The number of hydrogen-bond donors (Lipinski definition) is 2. The zero-order chi connectivity index (χ0) is 15.5. The second-order valence-corrected chi connectivity index (χ2v) is 5.88. The average Bonchev–Trinajstić information content (AvgIpc) is 2.94. The third-order valence-electron chi connectivity index (χ3n) is 4.03. The van der Waals surface area contributed by atoms with E-state index in [2.05, 4.69) is 5.32 Å². The Morgan fingerprint density at radius 3 is 2.67 bits per heavy atom. The molecule has 0 saturated heterocycles. The smallest absolute Gasteiger partial charge is 0.270 e. The molecule has 0 aliphatic heterocycles. The maximum absolute atomic E-state index is 12.2. The molecule has 1 aliphatic carbocycles. The SMILES string of the molecule is O=C(NCC1(CO)CCCC1)c1cc([N+](=O)[O-])ccc1Cl. The lowest BCUT2D eigenvalue weighted by atomic mass is 9.87. The summed E-state index contributed by atoms with van der Waals surface area (Å²) in [6.45, 7) is 0.372. The summed E-state index contributed by atoms with van der Waals surface area (Å²) >= 11 is 5.93. The fourth-order valence-corrected chi connectivity index (χ4v) is 2.88. The number of aliphatic hydroxyl groups excluding tert-OH is 1. The number of halogens is 1. The Hall–Kier alpha value is -1.66. The Bertz CT molecular complexity index is 556. The standard InChI is InChI=1S/C14H17ClN2O4/c15-12-4-3-10(17(20)21)7-11(12)13(19)16-8-14(9-18)5-1-2-6-14/h3-4,7,18H,1-2,5-6,8-9H2,(H,16,19). The molecular formula is C14H17ClN2O4. The number of nitrogens with one attached hydrogen (secondary N) is 1. The lowest BCUT2D eigenvalue weighted by Gasteiger charge is -2.26. The minimum absolute atomic E-state index is 0.0238. The van der Waals surface area contributed by atoms with E-state index in [1.165, 1.54) is 12.1 Å². The van der Waals surface area contributed by atoms with Crippen LogP contribution in [0.4, 0.5) is 5.69 Å². The Labute approximate surface area is 127 Å². The van der Waals surface area contributed by atoms with Gasteiger partial charge in [0.25, 0.3) is 11.6 Å². The van der Waals surface area contributed by atoms with Crippen LogP contribution in [-0.4, -0.2) is 29.1 Å². The molecule has 1 saturated carbocycles. The number of hydrogen-bond acceptors (Lipinski definition) is 4. The first kappa shape index (κ1) is 15.7. The number of benzene rings is 1. The molecule has 1 aromatic carbocycles. The molecule has 114 valence electrons. The van der Waals surface area contributed by atoms with Crippen LogP contribution in [0.15, 0.2) is 18.2 Å². The first-order valence-corrected chi connectivity index (χ1v) is 7.18. The van der Waals surface area contributed by atoms with Crippen LogP contribution < -0.4 is 5.32 Å². The molecule has 0 spiro atoms. The van der Waals surface area contributed by atoms with Gasteiger partial charge in [-0.3, -0.25) is 14.9 Å². The third-order valence-corrected chi connectivity index (χ3v) is 4.36. The second-order valence-electron chi connectivity index (χ2n) is 5.47. The number of nitro benzene ring substituents is 1. The number of aliphatic hydroxyl groups is 1. The van der Waals surface area contributed by atoms with Gasteiger partial charge in [0, 0.05) is 24.1 Å². The fraction of sp³-hybridized carbons (Fsp3) is 0.500. The minimum Gasteiger partial charge on any atom is -0.396 e. The largest absolute Gasteiger partial charge is 0.396 e. The number of nitro groups is 1. The van der Waals surface area contributed by atoms with E-state index in [-0.39, 0.29) is 28.3 Å². The van der Waals surface area contributed by atoms with Crippen molar-refractivity contribution in [2.45, 2.75) is 25.7 Å². The summed E-state index contributed by atoms with van der Waals surface area (Å²) in [5, 5.41) is 23.2. The number of amides is 1. The van der Waals surface area contributed by atoms with Gasteiger partial charge >= 0.3 is 0 Å². The van der Waals surface area contributed by atoms with Crippen molar-refractivity contribution < 1.29 is 14.8 Å². The van der Waals surface area contributed by atoms with Crippen LogP contribution in [0, 0.1) is 15.5 Å². The minimum atomic E-state index is -0.570. The predicted molar refractivity (Wildman–Crippen MR) is 78.4 cm³/mol. The molecule has 0 atom stereocenters. The Kier molecular flexibility index (Phi) is 4.80. The van der Waals surface area contributed by atoms with E-state index in [0.29, 0.717) is 6.54 Å². The summed E-state index contributed by atoms with van der Waals surface area (Å²) < 4.78 is 0. The Morgan fingerprint density at radius 1 is 1.43 bits per heavy atom. The first-order valence-electron chi connectivity index (χ1n) is 6.80. The molecule has 1 aliphatic rings. The summed E-state index contributed by atoms with van der Waals surface area (Å²) in [5.74, 6) is -0.455. The molecular weight excluding hydrogens is 296 g/mol. The molecule has 2 N–H and O–H groups in total. The van der Waals surface area contributed by atoms with E-state index in [1.807, 2.05) is 0 Å². The molecule has 0 heterocycles. The van der Waals surface area contributed by atoms with Gasteiger partial charge in [-0.05, 0) is 18.9 Å². The van der Waals surface area contributed by atoms with Gasteiger partial charge in [0.15, 0.2) is 0 Å². The fourth-order valence-electron chi connectivity index (χ4n) is 2.68. The highest BCUT2D eigenvalue weighted by Crippen LogP contribution is 2.37. The van der Waals surface area contributed by atoms with Gasteiger partial charge in [-0.1, -0.05) is 24.4 Å². The van der Waals surface area contributed by atoms with Crippen LogP contribution in [0.5, 0.6) is 0 Å². The van der Waals surface area contributed by atoms with Crippen molar-refractivity contribution in [1.29, 1.82) is 0 Å². The van der Waals surface area contributed by atoms with Crippen molar-refractivity contribution in [1.82, 2.24) is 5.32 Å². The highest BCUT2D eigenvalue weighted by atomic mass is 35.5. The van der Waals surface area contributed by atoms with E-state index >= 15 is 0 Å². The highest BCUT2D eigenvalue weighted by Gasteiger charge is 2.33. The topological polar surface area (TPSA) is 92.5 Å². The van der Waals surface area contributed by atoms with E-state index < -0.39 is 10.8 Å². The number of rotatable bonds is 5. The maximum atomic E-state index is 12.2. The molecule has 0 aromatic heterocycles. The summed E-state index contributed by atoms with van der Waals surface area (Å²) in [6.07, 6.45) is 3.81. The van der Waals surface area contributed by atoms with Crippen molar-refractivity contribution in [2.75, 3.05) is 13.2 Å². The maximum Gasteiger partial charge on any atom is 0.270 e. The quantitative estimate of drug-likeness (QED) is 0.645. The molecule has 2 rings (SSSR count). The van der Waals surface area contributed by atoms with Gasteiger partial charge in [-0.2, -0.15) is 0 Å². The summed E-state index contributed by atoms with van der Waals surface area (Å²) in [4.78, 5) is 22.3. The van der Waals surface area contributed by atoms with E-state index in [4.69, 9.17) is 11.6 Å². The van der Waals surface area contributed by atoms with Crippen molar-refractivity contribution in [2.24, 2.45) is 5.41 Å². The van der Waals surface area contributed by atoms with Gasteiger partial charge in [0.1, 0.15) is 0 Å². The summed E-state index contributed by atoms with van der Waals surface area (Å²) in [5.41, 5.74) is -0.373. The zero-order valence-corrected chi connectivity index (χ0v) is 12.2. The van der Waals surface area contributed by atoms with Crippen molar-refractivity contribution in [3.8, 4) is 0 Å². The van der Waals surface area contributed by atoms with E-state index in [9.17, 15) is 20.0 Å². The molecule has 21 heavy (non-hydrogen) atoms. The predicted octanol–water partition coefficient (Wildman–Crippen LogP) is 2.53. The first-order chi connectivity index (χ1) is 9.97. The summed E-state index contributed by atoms with van der Waals surface area (Å²) in [6, 6.07) is 3.76. The van der Waals surface area contributed by atoms with E-state index in [0.717, 1.165) is 31.7 Å². The Morgan fingerprint density at radius 2 is 2.10 bits per heavy atom. The number of carbonyl (C=O) groups is 1. The number of carbonyl (C=O) groups excluding carboxylic acids is 1. The lowest BCUT2D eigenvalue weighted by Crippen LogP contribution is -2.38. The van der Waals surface area contributed by atoms with Crippen molar-refractivity contribution >= 4 is 23.2 Å². The molecule has 0 unspecified atom stereocenters. The Balaban J connectivity index is 2.09. The number of non-ortho nitro benzene ring substituents is 1. The van der Waals surface area contributed by atoms with Gasteiger partial charge in [0.2, 0.25) is 0 Å².